The van der Waals surface area contributed by atoms with Crippen molar-refractivity contribution in [1.29, 1.82) is 0 Å². The molecular weight excluding hydrogens is 579 g/mol. The molecule has 0 spiro atoms. The molecule has 4 aromatic rings. The van der Waals surface area contributed by atoms with E-state index in [4.69, 9.17) is 4.74 Å². The summed E-state index contributed by atoms with van der Waals surface area (Å²) in [5.74, 6) is 0.393. The van der Waals surface area contributed by atoms with Crippen molar-refractivity contribution in [2.45, 2.75) is 44.7 Å². The van der Waals surface area contributed by atoms with E-state index in [9.17, 15) is 14.0 Å². The number of para-hydroxylation sites is 1. The third kappa shape index (κ3) is 6.80. The molecule has 8 heteroatoms. The minimum Gasteiger partial charge on any atom is -0.379 e. The van der Waals surface area contributed by atoms with Crippen LogP contribution in [0.5, 0.6) is 0 Å². The van der Waals surface area contributed by atoms with E-state index < -0.39 is 0 Å². The molecule has 240 valence electrons. The fourth-order valence-electron chi connectivity index (χ4n) is 7.30. The van der Waals surface area contributed by atoms with Gasteiger partial charge in [-0.3, -0.25) is 24.0 Å². The van der Waals surface area contributed by atoms with Gasteiger partial charge in [-0.05, 0) is 99.5 Å². The van der Waals surface area contributed by atoms with Gasteiger partial charge in [-0.1, -0.05) is 48.5 Å². The Morgan fingerprint density at radius 1 is 0.848 bits per heavy atom. The summed E-state index contributed by atoms with van der Waals surface area (Å²) in [6, 6.07) is 23.3. The number of fused-ring (bicyclic) bond motifs is 1. The molecule has 1 N–H and O–H groups in total. The Balaban J connectivity index is 1.22. The molecule has 3 aliphatic rings. The molecule has 2 saturated heterocycles. The number of pyridine rings is 1. The Morgan fingerprint density at radius 2 is 1.57 bits per heavy atom. The Kier molecular flexibility index (Phi) is 9.28. The summed E-state index contributed by atoms with van der Waals surface area (Å²) in [6.45, 7) is 7.12. The summed E-state index contributed by atoms with van der Waals surface area (Å²) in [5, 5.41) is 4.47. The Hall–Kier alpha value is -3.85. The lowest BCUT2D eigenvalue weighted by atomic mass is 9.92. The summed E-state index contributed by atoms with van der Waals surface area (Å²) >= 11 is 0. The molecule has 7 nitrogen and oxygen atoms in total. The van der Waals surface area contributed by atoms with Crippen LogP contribution in [0, 0.1) is 17.7 Å². The number of hydrogen-bond acceptors (Lipinski definition) is 5. The second-order valence-corrected chi connectivity index (χ2v) is 13.1. The number of benzene rings is 3. The predicted molar refractivity (Wildman–Crippen MR) is 179 cm³/mol. The first-order valence-electron chi connectivity index (χ1n) is 16.9. The van der Waals surface area contributed by atoms with E-state index in [1.54, 1.807) is 10.6 Å². The number of rotatable bonds is 10. The van der Waals surface area contributed by atoms with Gasteiger partial charge in [-0.2, -0.15) is 0 Å². The maximum absolute atomic E-state index is 14.6. The molecule has 1 unspecified atom stereocenters. The summed E-state index contributed by atoms with van der Waals surface area (Å²) < 4.78 is 21.6. The van der Waals surface area contributed by atoms with Gasteiger partial charge < -0.3 is 10.1 Å². The Morgan fingerprint density at radius 3 is 2.28 bits per heavy atom. The monoisotopic (exact) mass is 622 g/mol. The number of nitrogens with one attached hydrogen (secondary N) is 1. The summed E-state index contributed by atoms with van der Waals surface area (Å²) in [6.07, 6.45) is 5.35. The normalized spacial score (nSPS) is 18.9. The summed E-state index contributed by atoms with van der Waals surface area (Å²) in [7, 11) is 0. The van der Waals surface area contributed by atoms with Gasteiger partial charge in [-0.15, -0.1) is 0 Å². The molecule has 1 atom stereocenters. The van der Waals surface area contributed by atoms with Gasteiger partial charge in [0.1, 0.15) is 5.82 Å². The lowest BCUT2D eigenvalue weighted by Crippen LogP contribution is -2.40. The van der Waals surface area contributed by atoms with Crippen molar-refractivity contribution in [3.63, 3.8) is 0 Å². The van der Waals surface area contributed by atoms with Gasteiger partial charge in [0.2, 0.25) is 0 Å². The Bertz CT molecular complexity index is 1720. The highest BCUT2D eigenvalue weighted by Crippen LogP contribution is 2.41. The number of morpholine rings is 1. The highest BCUT2D eigenvalue weighted by molar-refractivity contribution is 6.08. The number of hydrogen-bond donors (Lipinski definition) is 1. The van der Waals surface area contributed by atoms with Gasteiger partial charge >= 0.3 is 0 Å². The van der Waals surface area contributed by atoms with Gasteiger partial charge in [-0.25, -0.2) is 4.39 Å². The topological polar surface area (TPSA) is 66.8 Å². The first-order chi connectivity index (χ1) is 22.5. The number of likely N-dealkylation sites (tertiary alicyclic amines) is 1. The van der Waals surface area contributed by atoms with E-state index in [0.717, 1.165) is 82.9 Å². The lowest BCUT2D eigenvalue weighted by Gasteiger charge is -2.34. The van der Waals surface area contributed by atoms with E-state index in [1.165, 1.54) is 18.6 Å². The third-order valence-corrected chi connectivity index (χ3v) is 10.1. The van der Waals surface area contributed by atoms with Crippen molar-refractivity contribution in [3.8, 4) is 5.69 Å². The fourth-order valence-corrected chi connectivity index (χ4v) is 7.30. The minimum absolute atomic E-state index is 0.127. The van der Waals surface area contributed by atoms with E-state index in [1.807, 2.05) is 60.7 Å². The van der Waals surface area contributed by atoms with Gasteiger partial charge in [0.25, 0.3) is 11.5 Å². The van der Waals surface area contributed by atoms with Crippen LogP contribution < -0.4 is 10.9 Å². The van der Waals surface area contributed by atoms with E-state index in [2.05, 4.69) is 15.1 Å². The number of nitrogens with zero attached hydrogens (tertiary/aromatic N) is 3. The second-order valence-electron chi connectivity index (χ2n) is 13.1. The predicted octanol–water partition coefficient (Wildman–Crippen LogP) is 5.95. The molecular formula is C38H43FN4O3. The molecule has 3 fully saturated rings. The molecule has 1 saturated carbocycles. The number of halogens is 1. The van der Waals surface area contributed by atoms with Crippen LogP contribution >= 0.6 is 0 Å². The third-order valence-electron chi connectivity index (χ3n) is 10.1. The van der Waals surface area contributed by atoms with Gasteiger partial charge in [0.15, 0.2) is 0 Å². The molecule has 3 heterocycles. The van der Waals surface area contributed by atoms with Crippen LogP contribution in [0.25, 0.3) is 16.5 Å². The number of carbonyl (C=O) groups excluding carboxylic acids is 1. The number of amides is 1. The Labute approximate surface area is 270 Å². The van der Waals surface area contributed by atoms with Gasteiger partial charge in [0, 0.05) is 36.1 Å². The molecule has 3 aromatic carbocycles. The fraction of sp³-hybridized carbons (Fsp3) is 0.421. The van der Waals surface area contributed by atoms with Crippen molar-refractivity contribution in [1.82, 2.24) is 19.7 Å². The molecule has 46 heavy (non-hydrogen) atoms. The zero-order valence-corrected chi connectivity index (χ0v) is 26.4. The lowest BCUT2D eigenvalue weighted by molar-refractivity contribution is 0.0334. The zero-order chi connectivity index (χ0) is 31.5. The van der Waals surface area contributed by atoms with Crippen molar-refractivity contribution in [2.75, 3.05) is 45.9 Å². The van der Waals surface area contributed by atoms with Crippen molar-refractivity contribution < 1.29 is 13.9 Å². The van der Waals surface area contributed by atoms with Crippen LogP contribution in [0.3, 0.4) is 0 Å². The molecule has 2 aliphatic heterocycles. The first kappa shape index (κ1) is 30.8. The van der Waals surface area contributed by atoms with Crippen LogP contribution in [-0.2, 0) is 11.3 Å². The minimum atomic E-state index is -0.311. The smallest absolute Gasteiger partial charge is 0.263 e. The zero-order valence-electron chi connectivity index (χ0n) is 26.4. The van der Waals surface area contributed by atoms with Crippen LogP contribution in [-0.4, -0.2) is 66.2 Å². The largest absolute Gasteiger partial charge is 0.379 e. The summed E-state index contributed by atoms with van der Waals surface area (Å²) in [5.41, 5.74) is 2.62. The van der Waals surface area contributed by atoms with Crippen LogP contribution in [0.2, 0.25) is 0 Å². The standard InChI is InChI=1S/C38H43FN4O3/c39-30-8-6-7-29(25-30)36(28-13-14-28)40-37(44)35-32-11-4-5-12-33(32)38(45)43(31-9-2-1-3-10-31)34(35)26-42-19-16-27(17-20-42)15-18-41-21-23-46-24-22-41/h1-12,25,27-28,36H,13-24,26H2,(H,40,44). The molecule has 7 rings (SSSR count). The molecule has 0 bridgehead atoms. The van der Waals surface area contributed by atoms with Crippen molar-refractivity contribution in [2.24, 2.45) is 11.8 Å². The molecule has 1 amide bonds. The number of aromatic nitrogens is 1. The highest BCUT2D eigenvalue weighted by atomic mass is 19.1. The number of piperidine rings is 1. The SMILES string of the molecule is O=C(NC(c1cccc(F)c1)C1CC1)c1c(CN2CCC(CCN3CCOCC3)CC2)n(-c2ccccc2)c(=O)c2ccccc12. The van der Waals surface area contributed by atoms with E-state index in [-0.39, 0.29) is 29.2 Å². The average molecular weight is 623 g/mol. The number of ether oxygens (including phenoxy) is 1. The summed E-state index contributed by atoms with van der Waals surface area (Å²) in [4.78, 5) is 33.7. The van der Waals surface area contributed by atoms with Gasteiger partial charge in [0.05, 0.1) is 30.5 Å². The van der Waals surface area contributed by atoms with Crippen molar-refractivity contribution in [3.05, 3.63) is 112 Å². The number of carbonyl (C=O) groups is 1. The van der Waals surface area contributed by atoms with Crippen LogP contribution in [0.1, 0.15) is 59.8 Å². The van der Waals surface area contributed by atoms with Crippen LogP contribution in [0.15, 0.2) is 83.7 Å². The highest BCUT2D eigenvalue weighted by Gasteiger charge is 2.35. The van der Waals surface area contributed by atoms with E-state index in [0.29, 0.717) is 34.5 Å². The quantitative estimate of drug-likeness (QED) is 0.237. The first-order valence-corrected chi connectivity index (χ1v) is 16.9. The van der Waals surface area contributed by atoms with E-state index >= 15 is 0 Å². The molecule has 1 aliphatic carbocycles. The molecule has 1 aromatic heterocycles. The maximum Gasteiger partial charge on any atom is 0.263 e. The average Bonchev–Trinajstić information content (AvgIpc) is 3.94. The van der Waals surface area contributed by atoms with Crippen molar-refractivity contribution >= 4 is 16.7 Å². The maximum atomic E-state index is 14.6. The van der Waals surface area contributed by atoms with Crippen LogP contribution in [0.4, 0.5) is 4.39 Å². The molecule has 0 radical (unpaired) electrons. The second kappa shape index (κ2) is 13.9.